The second kappa shape index (κ2) is 6.66. The van der Waals surface area contributed by atoms with Crippen LogP contribution in [0.4, 0.5) is 11.4 Å². The summed E-state index contributed by atoms with van der Waals surface area (Å²) >= 11 is 0. The first-order valence-electron chi connectivity index (χ1n) is 8.89. The lowest BCUT2D eigenvalue weighted by Crippen LogP contribution is -2.60. The van der Waals surface area contributed by atoms with Gasteiger partial charge in [-0.2, -0.15) is 0 Å². The summed E-state index contributed by atoms with van der Waals surface area (Å²) < 4.78 is 0. The van der Waals surface area contributed by atoms with Gasteiger partial charge < -0.3 is 9.80 Å². The molecule has 3 rings (SSSR count). The average molecular weight is 362 g/mol. The summed E-state index contributed by atoms with van der Waals surface area (Å²) in [5.41, 5.74) is 5.98. The number of aliphatic imine (C=N–C) groups is 1. The van der Waals surface area contributed by atoms with Crippen molar-refractivity contribution in [3.05, 3.63) is 47.5 Å². The molecule has 2 aromatic carbocycles. The van der Waals surface area contributed by atoms with Crippen molar-refractivity contribution in [1.29, 1.82) is 0 Å². The number of hydrogen-bond donors (Lipinski definition) is 0. The summed E-state index contributed by atoms with van der Waals surface area (Å²) in [6.45, 7) is 5.27. The van der Waals surface area contributed by atoms with Crippen molar-refractivity contribution in [2.75, 3.05) is 44.5 Å². The fourth-order valence-corrected chi connectivity index (χ4v) is 6.71. The van der Waals surface area contributed by atoms with Gasteiger partial charge >= 0.3 is 0 Å². The van der Waals surface area contributed by atoms with E-state index in [0.29, 0.717) is 6.54 Å². The number of fused-ring (bicyclic) bond motifs is 2. The number of rotatable bonds is 3. The van der Waals surface area contributed by atoms with Crippen LogP contribution in [0.1, 0.15) is 11.1 Å². The Labute approximate surface area is 158 Å². The van der Waals surface area contributed by atoms with E-state index in [0.717, 1.165) is 5.71 Å². The molecule has 0 fully saturated rings. The summed E-state index contributed by atoms with van der Waals surface area (Å²) in [5, 5.41) is 2.87. The van der Waals surface area contributed by atoms with Crippen molar-refractivity contribution >= 4 is 35.5 Å². The van der Waals surface area contributed by atoms with Gasteiger partial charge in [-0.25, -0.2) is 0 Å². The minimum Gasteiger partial charge on any atom is -0.378 e. The van der Waals surface area contributed by atoms with E-state index in [2.05, 4.69) is 93.4 Å². The molecule has 3 nitrogen and oxygen atoms in total. The SMILES string of the molecule is C#CCN=C1c2ccc(N(C)C)cc2[Si](C)(C)c2cc(N(C)C)ccc21. The first-order valence-corrected chi connectivity index (χ1v) is 11.9. The highest BCUT2D eigenvalue weighted by Crippen LogP contribution is 2.26. The maximum Gasteiger partial charge on any atom is 0.114 e. The van der Waals surface area contributed by atoms with Gasteiger partial charge in [0.1, 0.15) is 14.6 Å². The van der Waals surface area contributed by atoms with E-state index >= 15 is 0 Å². The van der Waals surface area contributed by atoms with Crippen molar-refractivity contribution in [2.45, 2.75) is 13.1 Å². The van der Waals surface area contributed by atoms with Crippen molar-refractivity contribution < 1.29 is 0 Å². The Bertz CT molecular complexity index is 854. The Hall–Kier alpha value is -2.51. The lowest BCUT2D eigenvalue weighted by Gasteiger charge is -2.36. The van der Waals surface area contributed by atoms with Gasteiger partial charge in [-0.15, -0.1) is 6.42 Å². The Morgan fingerprint density at radius 2 is 1.35 bits per heavy atom. The van der Waals surface area contributed by atoms with E-state index in [-0.39, 0.29) is 0 Å². The molecule has 0 unspecified atom stereocenters. The van der Waals surface area contributed by atoms with E-state index in [9.17, 15) is 0 Å². The van der Waals surface area contributed by atoms with Gasteiger partial charge in [-0.3, -0.25) is 4.99 Å². The predicted molar refractivity (Wildman–Crippen MR) is 118 cm³/mol. The highest BCUT2D eigenvalue weighted by atomic mass is 28.3. The molecule has 0 aromatic heterocycles. The number of hydrogen-bond acceptors (Lipinski definition) is 3. The number of benzene rings is 2. The van der Waals surface area contributed by atoms with Crippen LogP contribution >= 0.6 is 0 Å². The van der Waals surface area contributed by atoms with Crippen molar-refractivity contribution in [3.8, 4) is 12.3 Å². The fourth-order valence-electron chi connectivity index (χ4n) is 3.65. The third-order valence-electron chi connectivity index (χ3n) is 5.22. The first kappa shape index (κ1) is 18.3. The molecule has 0 saturated carbocycles. The van der Waals surface area contributed by atoms with Crippen LogP contribution in [0.25, 0.3) is 0 Å². The zero-order valence-corrected chi connectivity index (χ0v) is 17.6. The zero-order chi connectivity index (χ0) is 19.1. The molecule has 0 saturated heterocycles. The van der Waals surface area contributed by atoms with Gasteiger partial charge in [0.2, 0.25) is 0 Å². The van der Waals surface area contributed by atoms with Gasteiger partial charge in [0, 0.05) is 50.7 Å². The summed E-state index contributed by atoms with van der Waals surface area (Å²) in [6.07, 6.45) is 5.50. The second-order valence-corrected chi connectivity index (χ2v) is 12.1. The van der Waals surface area contributed by atoms with Gasteiger partial charge in [-0.1, -0.05) is 31.1 Å². The maximum atomic E-state index is 5.50. The predicted octanol–water partition coefficient (Wildman–Crippen LogP) is 2.43. The Morgan fingerprint density at radius 3 is 1.73 bits per heavy atom. The average Bonchev–Trinajstić information content (AvgIpc) is 2.61. The quantitative estimate of drug-likeness (QED) is 0.618. The third kappa shape index (κ3) is 2.93. The maximum absolute atomic E-state index is 5.50. The van der Waals surface area contributed by atoms with E-state index < -0.39 is 8.07 Å². The second-order valence-electron chi connectivity index (χ2n) is 7.74. The Morgan fingerprint density at radius 1 is 0.885 bits per heavy atom. The first-order chi connectivity index (χ1) is 12.3. The van der Waals surface area contributed by atoms with E-state index in [4.69, 9.17) is 11.4 Å². The molecular weight excluding hydrogens is 334 g/mol. The summed E-state index contributed by atoms with van der Waals surface area (Å²) in [5.74, 6) is 2.66. The Balaban J connectivity index is 2.31. The topological polar surface area (TPSA) is 18.8 Å². The highest BCUT2D eigenvalue weighted by molar-refractivity contribution is 7.02. The van der Waals surface area contributed by atoms with Crippen molar-refractivity contribution in [2.24, 2.45) is 4.99 Å². The lowest BCUT2D eigenvalue weighted by molar-refractivity contribution is 1.13. The van der Waals surface area contributed by atoms with Gasteiger partial charge in [0.25, 0.3) is 0 Å². The fraction of sp³-hybridized carbons (Fsp3) is 0.318. The van der Waals surface area contributed by atoms with Crippen LogP contribution in [0.3, 0.4) is 0 Å². The van der Waals surface area contributed by atoms with Crippen molar-refractivity contribution in [1.82, 2.24) is 0 Å². The van der Waals surface area contributed by atoms with Crippen LogP contribution in [-0.2, 0) is 0 Å². The minimum atomic E-state index is -1.85. The smallest absolute Gasteiger partial charge is 0.114 e. The zero-order valence-electron chi connectivity index (χ0n) is 16.6. The lowest BCUT2D eigenvalue weighted by atomic mass is 10.00. The van der Waals surface area contributed by atoms with Crippen LogP contribution < -0.4 is 20.2 Å². The molecule has 0 spiro atoms. The standard InChI is InChI=1S/C22H27N3Si/c1-8-13-23-22-18-11-9-16(24(2)3)14-20(18)26(6,7)21-15-17(25(4)5)10-12-19(21)22/h1,9-12,14-15H,13H2,2-7H3. The monoisotopic (exact) mass is 361 g/mol. The molecule has 2 aromatic rings. The Kier molecular flexibility index (Phi) is 4.68. The van der Waals surface area contributed by atoms with Crippen LogP contribution in [0.2, 0.25) is 13.1 Å². The molecule has 0 amide bonds. The third-order valence-corrected chi connectivity index (χ3v) is 8.75. The van der Waals surface area contributed by atoms with Gasteiger partial charge in [0.15, 0.2) is 0 Å². The molecule has 26 heavy (non-hydrogen) atoms. The molecule has 0 radical (unpaired) electrons. The largest absolute Gasteiger partial charge is 0.378 e. The number of nitrogens with zero attached hydrogens (tertiary/aromatic N) is 3. The molecule has 1 heterocycles. The minimum absolute atomic E-state index is 0.404. The molecular formula is C22H27N3Si. The van der Waals surface area contributed by atoms with E-state index in [1.165, 1.54) is 32.9 Å². The molecule has 0 aliphatic carbocycles. The molecule has 1 aliphatic heterocycles. The molecule has 0 atom stereocenters. The van der Waals surface area contributed by atoms with Crippen LogP contribution in [0.5, 0.6) is 0 Å². The molecule has 1 aliphatic rings. The van der Waals surface area contributed by atoms with Crippen LogP contribution in [-0.4, -0.2) is 48.5 Å². The summed E-state index contributed by atoms with van der Waals surface area (Å²) in [6, 6.07) is 13.5. The number of terminal acetylenes is 1. The number of anilines is 2. The summed E-state index contributed by atoms with van der Waals surface area (Å²) in [4.78, 5) is 9.10. The molecule has 0 N–H and O–H groups in total. The van der Waals surface area contributed by atoms with Gasteiger partial charge in [-0.05, 0) is 34.6 Å². The molecule has 4 heteroatoms. The van der Waals surface area contributed by atoms with Crippen LogP contribution in [0.15, 0.2) is 41.4 Å². The van der Waals surface area contributed by atoms with Crippen molar-refractivity contribution in [3.63, 3.8) is 0 Å². The summed E-state index contributed by atoms with van der Waals surface area (Å²) in [7, 11) is 6.50. The highest BCUT2D eigenvalue weighted by Gasteiger charge is 2.38. The van der Waals surface area contributed by atoms with E-state index in [1.807, 2.05) is 0 Å². The molecule has 134 valence electrons. The normalized spacial score (nSPS) is 14.1. The van der Waals surface area contributed by atoms with E-state index in [1.54, 1.807) is 0 Å². The van der Waals surface area contributed by atoms with Gasteiger partial charge in [0.05, 0.1) is 5.71 Å². The van der Waals surface area contributed by atoms with Crippen LogP contribution in [0, 0.1) is 12.3 Å². The molecule has 0 bridgehead atoms.